The largest absolute Gasteiger partial charge is 1.00 e. The molecular weight excluding hydrogens is 2170 g/mol. The molecule has 740 valence electrons. The molecule has 0 saturated carbocycles. The Morgan fingerprint density at radius 3 is 1.23 bits per heavy atom. The van der Waals surface area contributed by atoms with Gasteiger partial charge in [0, 0.05) is 203 Å². The Labute approximate surface area is 884 Å². The molecule has 1 atom stereocenters. The van der Waals surface area contributed by atoms with E-state index in [0.717, 1.165) is 43.7 Å². The van der Waals surface area contributed by atoms with Crippen LogP contribution in [0.25, 0.3) is 22.3 Å². The van der Waals surface area contributed by atoms with Crippen LogP contribution in [0, 0.1) is 0 Å². The summed E-state index contributed by atoms with van der Waals surface area (Å²) in [5, 5.41) is 8.23. The number of hydrogen-bond donors (Lipinski definition) is 2. The number of benzene rings is 4. The summed E-state index contributed by atoms with van der Waals surface area (Å²) in [6.45, 7) is 25.2. The summed E-state index contributed by atoms with van der Waals surface area (Å²) in [6.07, 6.45) is 9.77. The molecule has 2 N–H and O–H groups in total. The quantitative estimate of drug-likeness (QED) is 0.0245. The van der Waals surface area contributed by atoms with Crippen molar-refractivity contribution in [2.45, 2.75) is 162 Å². The molecule has 11 aromatic rings. The molecule has 140 heavy (non-hydrogen) atoms. The Balaban J connectivity index is 0.000000239. The summed E-state index contributed by atoms with van der Waals surface area (Å²) in [6, 6.07) is 38.2. The minimum Gasteiger partial charge on any atom is -0.772 e. The number of aliphatic imine (C=N–C) groups is 1. The molecule has 2 aliphatic heterocycles. The summed E-state index contributed by atoms with van der Waals surface area (Å²) in [4.78, 5) is 121. The number of nitrogens with one attached hydrogen (secondary N) is 2. The first-order valence-electron chi connectivity index (χ1n) is 43.0. The summed E-state index contributed by atoms with van der Waals surface area (Å²) >= 11 is 31.8. The average molecular weight is 2270 g/mol. The third-order valence-electron chi connectivity index (χ3n) is 21.1. The van der Waals surface area contributed by atoms with Crippen molar-refractivity contribution in [3.63, 3.8) is 0 Å². The Morgan fingerprint density at radius 1 is 0.486 bits per heavy atom. The number of carbonyl (C=O) groups is 5. The Bertz CT molecular complexity index is 6980. The van der Waals surface area contributed by atoms with Gasteiger partial charge in [-0.2, -0.15) is 0 Å². The fraction of sp³-hybridized carbons (Fsp3) is 0.330. The van der Waals surface area contributed by atoms with E-state index >= 15 is 0 Å². The molecule has 13 rings (SSSR count). The number of alkyl halides is 1. The van der Waals surface area contributed by atoms with E-state index in [1.165, 1.54) is 44.3 Å². The van der Waals surface area contributed by atoms with Crippen molar-refractivity contribution in [2.75, 3.05) is 23.0 Å². The number of aryl methyl sites for hydroxylation is 3. The van der Waals surface area contributed by atoms with Gasteiger partial charge in [-0.25, -0.2) is 34.8 Å². The predicted octanol–water partition coefficient (Wildman–Crippen LogP) is 14.6. The average Bonchev–Trinajstić information content (AvgIpc) is 1.60. The van der Waals surface area contributed by atoms with Crippen LogP contribution in [0.1, 0.15) is 195 Å². The second-order valence-electron chi connectivity index (χ2n) is 34.5. The minimum absolute atomic E-state index is 0. The molecular formula is C97H105BBr3Cl4N10NaO20S4. The van der Waals surface area contributed by atoms with Crippen molar-refractivity contribution >= 4 is 183 Å². The fourth-order valence-corrected chi connectivity index (χ4v) is 17.2. The molecule has 9 heterocycles. The predicted molar refractivity (Wildman–Crippen MR) is 554 cm³/mol. The number of pyridine rings is 7. The van der Waals surface area contributed by atoms with Crippen molar-refractivity contribution in [3.05, 3.63) is 327 Å². The van der Waals surface area contributed by atoms with E-state index in [2.05, 4.69) is 78.4 Å². The number of halogens is 7. The standard InChI is InChI=1S/C27H30ClN3O6S.C22H20ClN3O3S.C18H29BN2O5.C15H13BrClNO3S.C13H8Br2ClNO.C2H6O2S.Na/c1-6-38(35,36)16-20-12-21(22(14-29-20)25(33)17-7-9-19(28)10-8-17)23-15-31(5)24(32)11-18(23)13-30-26(34)37-27(2,3)4;1-3-30(28,29)13-17-9-18-19(11-24-17)22(14-4-6-16(23)7-5-14)25-10-15-8-21(27)26(2)12-20(15)18;1-16(2,3)24-15(23)20-10-12-9-14(22)21(8)11-13(12)19-25-17(4,5)18(6,7)26-19;1-2-22(20,21)9-12-7-14(16)13(8-18-12)15(19)10-3-5-11(17)6-4-10;14-6-10-5-12(15)11(7-17-10)13(18)8-1-3-9(16)4-2-8;1-2-5(3)4;/h7-12,14-15H,6,13,16H2,1-5H3,(H,30,34);4-9,11-12H,3,10,13H2,1-2H3;9,11H,10H2,1-8H3,(H,20,23);3-8H,2,9H2,1H3;1-5,7H,6H2;2H2,1H3,(H,3,4);/q;;;;;;+1/p-1. The summed E-state index contributed by atoms with van der Waals surface area (Å²) in [7, 11) is -5.52. The normalized spacial score (nSPS) is 13.2. The number of aromatic nitrogens is 7. The van der Waals surface area contributed by atoms with Crippen LogP contribution in [0.4, 0.5) is 9.59 Å². The Morgan fingerprint density at radius 2 is 0.829 bits per heavy atom. The first kappa shape index (κ1) is 118. The van der Waals surface area contributed by atoms with Gasteiger partial charge >= 0.3 is 48.9 Å². The fourth-order valence-electron chi connectivity index (χ4n) is 12.8. The van der Waals surface area contributed by atoms with Crippen molar-refractivity contribution < 1.29 is 106 Å². The first-order chi connectivity index (χ1) is 64.9. The van der Waals surface area contributed by atoms with E-state index in [4.69, 9.17) is 70.2 Å². The third-order valence-corrected chi connectivity index (χ3v) is 29.3. The molecule has 1 fully saturated rings. The SMILES string of the molecule is CCS(=O)(=O)Cc1cc(-c2cn(C)c(=O)cc2CNC(=O)OC(C)(C)C)c(C(=O)c2ccc(Cl)cc2)cn1.CCS(=O)(=O)Cc1cc(Br)c(C(=O)c2ccc(Cl)cc2)cn1.CCS(=O)(=O)Cc1cc2c(cn1)C(c1ccc(Cl)cc1)=NCc1cc(=O)n(C)cc1-2.CCS(=O)[O-].Cn1cc(B2OC(C)(C)C(C)(C)O2)c(CNC(=O)OC(C)(C)C)cc1=O.O=C(c1ccc(Cl)cc1)c1cnc(CBr)cc1Br.[Na+]. The molecule has 4 aromatic carbocycles. The number of nitrogens with zero attached hydrogens (tertiary/aromatic N) is 8. The van der Waals surface area contributed by atoms with Crippen LogP contribution in [-0.4, -0.2) is 155 Å². The topological polar surface area (TPSA) is 419 Å². The second-order valence-corrected chi connectivity index (χ2v) is 46.8. The van der Waals surface area contributed by atoms with E-state index in [-0.39, 0.29) is 128 Å². The molecule has 0 aliphatic carbocycles. The van der Waals surface area contributed by atoms with E-state index in [1.807, 2.05) is 45.9 Å². The van der Waals surface area contributed by atoms with Gasteiger partial charge in [-0.3, -0.25) is 57.9 Å². The summed E-state index contributed by atoms with van der Waals surface area (Å²) in [5.41, 5.74) is 9.01. The van der Waals surface area contributed by atoms with Gasteiger partial charge in [0.2, 0.25) is 0 Å². The van der Waals surface area contributed by atoms with Gasteiger partial charge in [0.25, 0.3) is 16.7 Å². The third kappa shape index (κ3) is 34.7. The molecule has 0 spiro atoms. The molecule has 1 unspecified atom stereocenters. The maximum absolute atomic E-state index is 13.5. The van der Waals surface area contributed by atoms with Gasteiger partial charge in [-0.1, -0.05) is 113 Å². The monoisotopic (exact) mass is 2270 g/mol. The van der Waals surface area contributed by atoms with Crippen LogP contribution in [0.5, 0.6) is 0 Å². The number of carbonyl (C=O) groups excluding carboxylic acids is 5. The first-order valence-corrected chi connectivity index (χ1v) is 53.9. The van der Waals surface area contributed by atoms with Crippen LogP contribution < -0.4 is 62.3 Å². The van der Waals surface area contributed by atoms with Crippen LogP contribution in [0.2, 0.25) is 20.1 Å². The molecule has 30 nitrogen and oxygen atoms in total. The van der Waals surface area contributed by atoms with Gasteiger partial charge in [0.05, 0.1) is 74.6 Å². The number of hydrogen-bond acceptors (Lipinski definition) is 25. The zero-order chi connectivity index (χ0) is 103. The number of amides is 2. The molecule has 7 aromatic heterocycles. The van der Waals surface area contributed by atoms with Crippen LogP contribution in [0.3, 0.4) is 0 Å². The smallest absolute Gasteiger partial charge is 0.772 e. The van der Waals surface area contributed by atoms with E-state index in [1.54, 1.807) is 224 Å². The molecule has 0 bridgehead atoms. The maximum Gasteiger partial charge on any atom is 1.00 e. The Hall–Kier alpha value is -8.91. The van der Waals surface area contributed by atoms with Crippen LogP contribution >= 0.6 is 94.2 Å². The van der Waals surface area contributed by atoms with Crippen molar-refractivity contribution in [1.29, 1.82) is 0 Å². The molecule has 2 amide bonds. The zero-order valence-corrected chi connectivity index (χ0v) is 93.2. The van der Waals surface area contributed by atoms with E-state index < -0.39 is 82.3 Å². The van der Waals surface area contributed by atoms with Crippen LogP contribution in [0.15, 0.2) is 211 Å². The number of ether oxygens (including phenoxy) is 2. The van der Waals surface area contributed by atoms with Gasteiger partial charge in [-0.15, -0.1) is 0 Å². The van der Waals surface area contributed by atoms with Crippen molar-refractivity contribution in [3.8, 4) is 22.3 Å². The van der Waals surface area contributed by atoms with Gasteiger partial charge in [0.15, 0.2) is 46.9 Å². The molecule has 43 heteroatoms. The van der Waals surface area contributed by atoms with Crippen LogP contribution in [-0.2, 0) is 123 Å². The second kappa shape index (κ2) is 51.5. The number of alkyl carbamates (subject to hydrolysis) is 2. The van der Waals surface area contributed by atoms with Gasteiger partial charge in [0.1, 0.15) is 11.2 Å². The van der Waals surface area contributed by atoms with Crippen molar-refractivity contribution in [1.82, 2.24) is 44.3 Å². The van der Waals surface area contributed by atoms with E-state index in [9.17, 15) is 72.4 Å². The molecule has 0 radical (unpaired) electrons. The molecule has 2 aliphatic rings. The van der Waals surface area contributed by atoms with Gasteiger partial charge in [-0.05, 0) is 238 Å². The number of fused-ring (bicyclic) bond motifs is 3. The summed E-state index contributed by atoms with van der Waals surface area (Å²) < 4.78 is 119. The minimum atomic E-state index is -3.42. The summed E-state index contributed by atoms with van der Waals surface area (Å²) in [5.74, 6) is -0.986. The number of ketones is 3. The number of rotatable bonds is 24. The van der Waals surface area contributed by atoms with Crippen molar-refractivity contribution in [2.24, 2.45) is 26.1 Å². The zero-order valence-electron chi connectivity index (χ0n) is 80.2. The van der Waals surface area contributed by atoms with E-state index in [0.29, 0.717) is 103 Å². The number of sulfone groups is 3. The maximum atomic E-state index is 13.5. The Kier molecular flexibility index (Phi) is 43.5. The van der Waals surface area contributed by atoms with Gasteiger partial charge < -0.3 is 47.7 Å². The molecule has 1 saturated heterocycles.